The molecule has 0 saturated heterocycles. The molecule has 0 aliphatic rings. The van der Waals surface area contributed by atoms with Gasteiger partial charge >= 0.3 is 0 Å². The van der Waals surface area contributed by atoms with Crippen molar-refractivity contribution < 1.29 is 8.78 Å². The third-order valence-corrected chi connectivity index (χ3v) is 2.20. The van der Waals surface area contributed by atoms with E-state index in [0.717, 1.165) is 18.3 Å². The van der Waals surface area contributed by atoms with E-state index in [0.29, 0.717) is 5.69 Å². The van der Waals surface area contributed by atoms with E-state index in [4.69, 9.17) is 5.73 Å². The summed E-state index contributed by atoms with van der Waals surface area (Å²) in [6.07, 6.45) is 0. The van der Waals surface area contributed by atoms with Gasteiger partial charge in [-0.25, -0.2) is 4.98 Å². The van der Waals surface area contributed by atoms with Gasteiger partial charge in [-0.1, -0.05) is 0 Å². The Morgan fingerprint density at radius 2 is 2.25 bits per heavy atom. The van der Waals surface area contributed by atoms with E-state index in [1.165, 1.54) is 0 Å². The van der Waals surface area contributed by atoms with Crippen LogP contribution < -0.4 is 5.73 Å². The number of hydrogen-bond acceptors (Lipinski definition) is 3. The van der Waals surface area contributed by atoms with Gasteiger partial charge in [0.15, 0.2) is 5.01 Å². The third-order valence-electron chi connectivity index (χ3n) is 1.14. The van der Waals surface area contributed by atoms with E-state index in [2.05, 4.69) is 4.98 Å². The van der Waals surface area contributed by atoms with Crippen LogP contribution in [-0.4, -0.2) is 4.98 Å². The molecule has 1 rings (SSSR count). The Morgan fingerprint density at radius 3 is 2.50 bits per heavy atom. The average Bonchev–Trinajstić information content (AvgIpc) is 2.32. The highest BCUT2D eigenvalue weighted by Crippen LogP contribution is 2.29. The maximum atomic E-state index is 12.5. The van der Waals surface area contributed by atoms with Gasteiger partial charge in [-0.05, 0) is 0 Å². The lowest BCUT2D eigenvalue weighted by molar-refractivity contribution is 0.0171. The standard InChI is InChI=1S/C6H8F2N2S.ClH/c1-6(7,8)5-10-4(2-9)3-11-5;/h3H,2,9H2,1H3;1H. The summed E-state index contributed by atoms with van der Waals surface area (Å²) in [6.45, 7) is 1.04. The van der Waals surface area contributed by atoms with Crippen molar-refractivity contribution in [3.8, 4) is 0 Å². The van der Waals surface area contributed by atoms with Gasteiger partial charge in [0.1, 0.15) is 0 Å². The first-order valence-corrected chi connectivity index (χ1v) is 3.95. The lowest BCUT2D eigenvalue weighted by atomic mass is 10.4. The summed E-state index contributed by atoms with van der Waals surface area (Å²) >= 11 is 0.940. The fraction of sp³-hybridized carbons (Fsp3) is 0.500. The minimum absolute atomic E-state index is 0. The highest BCUT2D eigenvalue weighted by Gasteiger charge is 2.27. The lowest BCUT2D eigenvalue weighted by Crippen LogP contribution is -2.07. The fourth-order valence-electron chi connectivity index (χ4n) is 0.602. The van der Waals surface area contributed by atoms with Crippen LogP contribution in [0.5, 0.6) is 0 Å². The van der Waals surface area contributed by atoms with Crippen LogP contribution in [0.1, 0.15) is 17.6 Å². The molecule has 1 heterocycles. The molecule has 12 heavy (non-hydrogen) atoms. The van der Waals surface area contributed by atoms with E-state index < -0.39 is 5.92 Å². The van der Waals surface area contributed by atoms with E-state index in [-0.39, 0.29) is 24.0 Å². The van der Waals surface area contributed by atoms with Crippen LogP contribution in [0.4, 0.5) is 8.78 Å². The smallest absolute Gasteiger partial charge is 0.296 e. The topological polar surface area (TPSA) is 38.9 Å². The molecule has 0 unspecified atom stereocenters. The quantitative estimate of drug-likeness (QED) is 0.819. The fourth-order valence-corrected chi connectivity index (χ4v) is 1.38. The first-order valence-electron chi connectivity index (χ1n) is 3.07. The zero-order chi connectivity index (χ0) is 8.48. The number of halogens is 3. The summed E-state index contributed by atoms with van der Waals surface area (Å²) in [7, 11) is 0. The molecule has 0 aliphatic carbocycles. The number of alkyl halides is 2. The predicted molar refractivity (Wildman–Crippen MR) is 46.8 cm³/mol. The maximum absolute atomic E-state index is 12.5. The van der Waals surface area contributed by atoms with Gasteiger partial charge in [0.25, 0.3) is 5.92 Å². The zero-order valence-electron chi connectivity index (χ0n) is 6.38. The van der Waals surface area contributed by atoms with Gasteiger partial charge in [-0.2, -0.15) is 8.78 Å². The molecule has 70 valence electrons. The van der Waals surface area contributed by atoms with Crippen molar-refractivity contribution in [1.82, 2.24) is 4.98 Å². The summed E-state index contributed by atoms with van der Waals surface area (Å²) < 4.78 is 25.0. The summed E-state index contributed by atoms with van der Waals surface area (Å²) in [5.41, 5.74) is 5.73. The van der Waals surface area contributed by atoms with Gasteiger partial charge in [-0.3, -0.25) is 0 Å². The number of nitrogens with zero attached hydrogens (tertiary/aromatic N) is 1. The second-order valence-electron chi connectivity index (χ2n) is 2.24. The molecule has 0 atom stereocenters. The Hall–Kier alpha value is -0.260. The van der Waals surface area contributed by atoms with Crippen LogP contribution in [-0.2, 0) is 12.5 Å². The minimum Gasteiger partial charge on any atom is -0.325 e. The first-order chi connectivity index (χ1) is 5.04. The van der Waals surface area contributed by atoms with Crippen LogP contribution in [0.25, 0.3) is 0 Å². The van der Waals surface area contributed by atoms with Gasteiger partial charge in [0.2, 0.25) is 0 Å². The molecule has 0 radical (unpaired) electrons. The van der Waals surface area contributed by atoms with Crippen molar-refractivity contribution >= 4 is 23.7 Å². The molecule has 0 aliphatic heterocycles. The second-order valence-corrected chi connectivity index (χ2v) is 3.09. The summed E-state index contributed by atoms with van der Waals surface area (Å²) in [6, 6.07) is 0. The van der Waals surface area contributed by atoms with E-state index >= 15 is 0 Å². The van der Waals surface area contributed by atoms with Crippen molar-refractivity contribution in [2.24, 2.45) is 5.73 Å². The van der Waals surface area contributed by atoms with Crippen molar-refractivity contribution in [2.75, 3.05) is 0 Å². The highest BCUT2D eigenvalue weighted by molar-refractivity contribution is 7.09. The molecule has 2 nitrogen and oxygen atoms in total. The van der Waals surface area contributed by atoms with Crippen molar-refractivity contribution in [2.45, 2.75) is 19.4 Å². The molecule has 1 aromatic heterocycles. The van der Waals surface area contributed by atoms with Crippen molar-refractivity contribution in [1.29, 1.82) is 0 Å². The molecule has 0 fully saturated rings. The normalized spacial score (nSPS) is 11.0. The molecule has 0 saturated carbocycles. The highest BCUT2D eigenvalue weighted by atomic mass is 35.5. The summed E-state index contributed by atoms with van der Waals surface area (Å²) in [4.78, 5) is 3.64. The van der Waals surface area contributed by atoms with Crippen molar-refractivity contribution in [3.63, 3.8) is 0 Å². The molecule has 0 bridgehead atoms. The van der Waals surface area contributed by atoms with Crippen LogP contribution in [0.2, 0.25) is 0 Å². The monoisotopic (exact) mass is 214 g/mol. The van der Waals surface area contributed by atoms with Gasteiger partial charge in [-0.15, -0.1) is 23.7 Å². The van der Waals surface area contributed by atoms with E-state index in [1.54, 1.807) is 5.38 Å². The SMILES string of the molecule is CC(F)(F)c1nc(CN)cs1.Cl. The summed E-state index contributed by atoms with van der Waals surface area (Å²) in [5, 5.41) is 1.38. The minimum atomic E-state index is -2.84. The number of rotatable bonds is 2. The Labute approximate surface area is 79.2 Å². The van der Waals surface area contributed by atoms with Crippen LogP contribution in [0.15, 0.2) is 5.38 Å². The molecular weight excluding hydrogens is 206 g/mol. The Bertz CT molecular complexity index is 246. The number of nitrogens with two attached hydrogens (primary N) is 1. The van der Waals surface area contributed by atoms with E-state index in [1.807, 2.05) is 0 Å². The second kappa shape index (κ2) is 4.11. The van der Waals surface area contributed by atoms with Gasteiger partial charge in [0.05, 0.1) is 5.69 Å². The van der Waals surface area contributed by atoms with Gasteiger partial charge in [0, 0.05) is 18.8 Å². The Kier molecular flexibility index (Phi) is 4.02. The third kappa shape index (κ3) is 2.66. The first kappa shape index (κ1) is 11.7. The molecule has 1 aromatic rings. The number of aromatic nitrogens is 1. The Balaban J connectivity index is 0.00000121. The van der Waals surface area contributed by atoms with Crippen LogP contribution >= 0.6 is 23.7 Å². The largest absolute Gasteiger partial charge is 0.325 e. The molecule has 0 aromatic carbocycles. The van der Waals surface area contributed by atoms with Gasteiger partial charge < -0.3 is 5.73 Å². The summed E-state index contributed by atoms with van der Waals surface area (Å²) in [5.74, 6) is -2.84. The molecule has 2 N–H and O–H groups in total. The van der Waals surface area contributed by atoms with Crippen molar-refractivity contribution in [3.05, 3.63) is 16.1 Å². The predicted octanol–water partition coefficient (Wildman–Crippen LogP) is 2.14. The Morgan fingerprint density at radius 1 is 1.67 bits per heavy atom. The zero-order valence-corrected chi connectivity index (χ0v) is 8.01. The molecule has 0 amide bonds. The molecule has 0 spiro atoms. The van der Waals surface area contributed by atoms with Crippen LogP contribution in [0.3, 0.4) is 0 Å². The average molecular weight is 215 g/mol. The maximum Gasteiger partial charge on any atom is 0.296 e. The molecule has 6 heteroatoms. The van der Waals surface area contributed by atoms with E-state index in [9.17, 15) is 8.78 Å². The van der Waals surface area contributed by atoms with Crippen LogP contribution in [0, 0.1) is 0 Å². The molecular formula is C6H9ClF2N2S. The number of hydrogen-bond donors (Lipinski definition) is 1. The number of thiazole rings is 1. The lowest BCUT2D eigenvalue weighted by Gasteiger charge is -2.03.